The Bertz CT molecular complexity index is 1070. The molecule has 0 aliphatic rings. The summed E-state index contributed by atoms with van der Waals surface area (Å²) < 4.78 is 19.3. The number of hydrogen-bond donors (Lipinski definition) is 2. The van der Waals surface area contributed by atoms with E-state index in [0.29, 0.717) is 11.1 Å². The van der Waals surface area contributed by atoms with Crippen molar-refractivity contribution in [1.82, 2.24) is 15.5 Å². The van der Waals surface area contributed by atoms with Gasteiger partial charge in [-0.3, -0.25) is 9.89 Å². The number of nitrogens with zero attached hydrogens (tertiary/aromatic N) is 1. The topological polar surface area (TPSA) is 70.9 Å². The average molecular weight is 337 g/mol. The van der Waals surface area contributed by atoms with Crippen LogP contribution in [0.3, 0.4) is 0 Å². The molecular weight excluding hydrogens is 321 g/mol. The summed E-state index contributed by atoms with van der Waals surface area (Å²) in [7, 11) is 0. The molecule has 0 radical (unpaired) electrons. The van der Waals surface area contributed by atoms with E-state index in [1.165, 1.54) is 6.07 Å². The van der Waals surface area contributed by atoms with E-state index in [1.54, 1.807) is 24.4 Å². The number of fused-ring (bicyclic) bond motifs is 2. The summed E-state index contributed by atoms with van der Waals surface area (Å²) in [6.07, 6.45) is 1.98. The highest BCUT2D eigenvalue weighted by Crippen LogP contribution is 2.26. The predicted molar refractivity (Wildman–Crippen MR) is 92.5 cm³/mol. The first kappa shape index (κ1) is 15.4. The van der Waals surface area contributed by atoms with Gasteiger partial charge in [0, 0.05) is 10.8 Å². The molecule has 2 heterocycles. The lowest BCUT2D eigenvalue weighted by molar-refractivity contribution is -0.121. The molecule has 0 aliphatic heterocycles. The minimum absolute atomic E-state index is 0.132. The first-order chi connectivity index (χ1) is 12.1. The van der Waals surface area contributed by atoms with Gasteiger partial charge in [-0.1, -0.05) is 24.3 Å². The van der Waals surface area contributed by atoms with Gasteiger partial charge in [-0.25, -0.2) is 4.39 Å². The number of carbonyl (C=O) groups excluding carboxylic acids is 1. The van der Waals surface area contributed by atoms with Gasteiger partial charge >= 0.3 is 0 Å². The van der Waals surface area contributed by atoms with E-state index in [2.05, 4.69) is 15.5 Å². The molecule has 5 nitrogen and oxygen atoms in total. The van der Waals surface area contributed by atoms with E-state index in [0.717, 1.165) is 16.5 Å². The van der Waals surface area contributed by atoms with Crippen LogP contribution < -0.4 is 5.32 Å². The molecule has 4 rings (SSSR count). The van der Waals surface area contributed by atoms with Crippen molar-refractivity contribution in [3.63, 3.8) is 0 Å². The number of rotatable bonds is 4. The number of nitrogens with one attached hydrogen (secondary N) is 2. The second-order valence-electron chi connectivity index (χ2n) is 6.06. The number of benzene rings is 2. The lowest BCUT2D eigenvalue weighted by Crippen LogP contribution is -2.27. The van der Waals surface area contributed by atoms with Crippen molar-refractivity contribution < 1.29 is 13.6 Å². The molecular formula is C19H16FN3O2. The average Bonchev–Trinajstić information content (AvgIpc) is 3.21. The zero-order valence-corrected chi connectivity index (χ0v) is 13.5. The minimum atomic E-state index is -0.407. The fourth-order valence-electron chi connectivity index (χ4n) is 2.90. The van der Waals surface area contributed by atoms with Crippen molar-refractivity contribution in [3.8, 4) is 0 Å². The summed E-state index contributed by atoms with van der Waals surface area (Å²) in [6, 6.07) is 11.9. The van der Waals surface area contributed by atoms with Gasteiger partial charge in [0.25, 0.3) is 0 Å². The van der Waals surface area contributed by atoms with Gasteiger partial charge in [0.2, 0.25) is 5.91 Å². The summed E-state index contributed by atoms with van der Waals surface area (Å²) in [5, 5.41) is 11.4. The van der Waals surface area contributed by atoms with E-state index in [9.17, 15) is 9.18 Å². The van der Waals surface area contributed by atoms with Crippen LogP contribution in [0.5, 0.6) is 0 Å². The normalized spacial score (nSPS) is 12.6. The van der Waals surface area contributed by atoms with E-state index < -0.39 is 5.82 Å². The van der Waals surface area contributed by atoms with E-state index in [4.69, 9.17) is 4.42 Å². The fraction of sp³-hybridized carbons (Fsp3) is 0.158. The maximum Gasteiger partial charge on any atom is 0.225 e. The number of furan rings is 1. The Kier molecular flexibility index (Phi) is 3.72. The highest BCUT2D eigenvalue weighted by Gasteiger charge is 2.16. The third kappa shape index (κ3) is 2.98. The predicted octanol–water partition coefficient (Wildman–Crippen LogP) is 3.87. The highest BCUT2D eigenvalue weighted by atomic mass is 19.1. The van der Waals surface area contributed by atoms with Gasteiger partial charge in [-0.15, -0.1) is 0 Å². The first-order valence-corrected chi connectivity index (χ1v) is 7.99. The lowest BCUT2D eigenvalue weighted by atomic mass is 10.1. The summed E-state index contributed by atoms with van der Waals surface area (Å²) >= 11 is 0. The molecule has 0 aliphatic carbocycles. The Balaban J connectivity index is 1.48. The molecule has 1 unspecified atom stereocenters. The Morgan fingerprint density at radius 2 is 2.16 bits per heavy atom. The molecule has 6 heteroatoms. The van der Waals surface area contributed by atoms with Gasteiger partial charge in [0.1, 0.15) is 5.76 Å². The summed E-state index contributed by atoms with van der Waals surface area (Å²) in [5.41, 5.74) is 1.99. The smallest absolute Gasteiger partial charge is 0.225 e. The molecule has 1 amide bonds. The van der Waals surface area contributed by atoms with Crippen LogP contribution in [0.2, 0.25) is 0 Å². The van der Waals surface area contributed by atoms with Crippen LogP contribution in [-0.4, -0.2) is 16.1 Å². The van der Waals surface area contributed by atoms with Gasteiger partial charge < -0.3 is 9.73 Å². The molecule has 126 valence electrons. The number of carbonyl (C=O) groups is 1. The number of aromatic amines is 1. The second kappa shape index (κ2) is 6.05. The fourth-order valence-corrected chi connectivity index (χ4v) is 2.90. The Hall–Kier alpha value is -3.15. The zero-order chi connectivity index (χ0) is 17.4. The van der Waals surface area contributed by atoms with Crippen molar-refractivity contribution in [2.24, 2.45) is 0 Å². The van der Waals surface area contributed by atoms with Crippen molar-refractivity contribution >= 4 is 27.8 Å². The molecule has 0 fully saturated rings. The molecule has 0 saturated heterocycles. The van der Waals surface area contributed by atoms with Crippen molar-refractivity contribution in [2.75, 3.05) is 0 Å². The van der Waals surface area contributed by atoms with Crippen LogP contribution in [0, 0.1) is 5.82 Å². The number of aromatic nitrogens is 2. The molecule has 2 N–H and O–H groups in total. The van der Waals surface area contributed by atoms with Gasteiger partial charge in [-0.2, -0.15) is 5.10 Å². The number of halogens is 1. The largest absolute Gasteiger partial charge is 0.456 e. The number of hydrogen-bond acceptors (Lipinski definition) is 3. The number of amides is 1. The van der Waals surface area contributed by atoms with E-state index >= 15 is 0 Å². The summed E-state index contributed by atoms with van der Waals surface area (Å²) in [5.74, 6) is -0.0140. The first-order valence-electron chi connectivity index (χ1n) is 7.99. The molecule has 1 atom stereocenters. The van der Waals surface area contributed by atoms with E-state index in [-0.39, 0.29) is 24.0 Å². The second-order valence-corrected chi connectivity index (χ2v) is 6.06. The standard InChI is InChI=1S/C19H16FN3O2/c1-11(17-9-13-3-2-4-15(20)19(13)25-17)22-18(24)8-12-5-6-14-10-21-23-16(14)7-12/h2-7,9-11H,8H2,1H3,(H,21,23)(H,22,24). The van der Waals surface area contributed by atoms with Crippen molar-refractivity contribution in [2.45, 2.75) is 19.4 Å². The van der Waals surface area contributed by atoms with Crippen molar-refractivity contribution in [1.29, 1.82) is 0 Å². The lowest BCUT2D eigenvalue weighted by Gasteiger charge is -2.11. The van der Waals surface area contributed by atoms with Crippen LogP contribution in [0.15, 0.2) is 53.1 Å². The molecule has 0 saturated carbocycles. The minimum Gasteiger partial charge on any atom is -0.456 e. The van der Waals surface area contributed by atoms with Gasteiger partial charge in [0.05, 0.1) is 24.2 Å². The third-order valence-corrected chi connectivity index (χ3v) is 4.19. The molecule has 2 aromatic heterocycles. The number of H-pyrrole nitrogens is 1. The van der Waals surface area contributed by atoms with Gasteiger partial charge in [0.15, 0.2) is 11.4 Å². The molecule has 2 aromatic carbocycles. The van der Waals surface area contributed by atoms with Crippen molar-refractivity contribution in [3.05, 3.63) is 65.8 Å². The van der Waals surface area contributed by atoms with Crippen LogP contribution in [-0.2, 0) is 11.2 Å². The zero-order valence-electron chi connectivity index (χ0n) is 13.5. The Morgan fingerprint density at radius 1 is 1.28 bits per heavy atom. The highest BCUT2D eigenvalue weighted by molar-refractivity contribution is 5.83. The Morgan fingerprint density at radius 3 is 3.00 bits per heavy atom. The third-order valence-electron chi connectivity index (χ3n) is 4.19. The monoisotopic (exact) mass is 337 g/mol. The molecule has 25 heavy (non-hydrogen) atoms. The van der Waals surface area contributed by atoms with Crippen LogP contribution in [0.4, 0.5) is 4.39 Å². The number of para-hydroxylation sites is 1. The maximum atomic E-state index is 13.7. The van der Waals surface area contributed by atoms with Gasteiger partial charge in [-0.05, 0) is 30.7 Å². The van der Waals surface area contributed by atoms with E-state index in [1.807, 2.05) is 25.1 Å². The SMILES string of the molecule is CC(NC(=O)Cc1ccc2cn[nH]c2c1)c1cc2cccc(F)c2o1. The molecule has 0 spiro atoms. The summed E-state index contributed by atoms with van der Waals surface area (Å²) in [4.78, 5) is 12.3. The maximum absolute atomic E-state index is 13.7. The molecule has 4 aromatic rings. The van der Waals surface area contributed by atoms with Crippen LogP contribution in [0.25, 0.3) is 21.9 Å². The summed E-state index contributed by atoms with van der Waals surface area (Å²) in [6.45, 7) is 1.81. The van der Waals surface area contributed by atoms with Crippen LogP contribution in [0.1, 0.15) is 24.3 Å². The Labute approximate surface area is 142 Å². The molecule has 0 bridgehead atoms. The van der Waals surface area contributed by atoms with Crippen LogP contribution >= 0.6 is 0 Å². The quantitative estimate of drug-likeness (QED) is 0.594.